The van der Waals surface area contributed by atoms with Gasteiger partial charge in [-0.1, -0.05) is 15.9 Å². The molecule has 0 fully saturated rings. The molecule has 6 heteroatoms. The van der Waals surface area contributed by atoms with E-state index in [2.05, 4.69) is 20.9 Å². The van der Waals surface area contributed by atoms with Crippen molar-refractivity contribution in [1.29, 1.82) is 0 Å². The summed E-state index contributed by atoms with van der Waals surface area (Å²) in [4.78, 5) is 4.96. The van der Waals surface area contributed by atoms with Crippen molar-refractivity contribution >= 4 is 43.8 Å². The molecule has 0 aliphatic heterocycles. The lowest BCUT2D eigenvalue weighted by atomic mass is 10.3. The number of rotatable bonds is 3. The number of aryl methyl sites for hydroxylation is 1. The van der Waals surface area contributed by atoms with Crippen molar-refractivity contribution in [3.05, 3.63) is 38.8 Å². The predicted molar refractivity (Wildman–Crippen MR) is 75.5 cm³/mol. The fourth-order valence-corrected chi connectivity index (χ4v) is 3.62. The van der Waals surface area contributed by atoms with Gasteiger partial charge in [0.2, 0.25) is 0 Å². The Morgan fingerprint density at radius 1 is 1.53 bits per heavy atom. The lowest BCUT2D eigenvalue weighted by Crippen LogP contribution is -2.01. The molecule has 0 aliphatic rings. The van der Waals surface area contributed by atoms with Crippen LogP contribution in [0.15, 0.2) is 32.9 Å². The van der Waals surface area contributed by atoms with Gasteiger partial charge in [-0.05, 0) is 25.1 Å². The molecule has 0 saturated carbocycles. The van der Waals surface area contributed by atoms with Crippen molar-refractivity contribution in [2.24, 2.45) is 0 Å². The van der Waals surface area contributed by atoms with Crippen LogP contribution in [-0.4, -0.2) is 9.19 Å². The molecule has 2 aromatic rings. The Balaban J connectivity index is 2.20. The highest BCUT2D eigenvalue weighted by Crippen LogP contribution is 2.23. The molecule has 1 aromatic heterocycles. The number of aromatic nitrogens is 1. The number of thiazole rings is 1. The Morgan fingerprint density at radius 3 is 2.88 bits per heavy atom. The number of hydrogen-bond donors (Lipinski definition) is 1. The van der Waals surface area contributed by atoms with Gasteiger partial charge in [0.15, 0.2) is 0 Å². The van der Waals surface area contributed by atoms with Gasteiger partial charge < -0.3 is 5.73 Å². The maximum Gasteiger partial charge on any atom is 0.0897 e. The number of hydrogen-bond acceptors (Lipinski definition) is 4. The number of anilines is 1. The van der Waals surface area contributed by atoms with Gasteiger partial charge in [-0.15, -0.1) is 11.3 Å². The van der Waals surface area contributed by atoms with E-state index in [-0.39, 0.29) is 0 Å². The maximum atomic E-state index is 12.1. The average molecular weight is 331 g/mol. The van der Waals surface area contributed by atoms with E-state index >= 15 is 0 Å². The van der Waals surface area contributed by atoms with Crippen molar-refractivity contribution in [3.8, 4) is 0 Å². The highest BCUT2D eigenvalue weighted by molar-refractivity contribution is 9.10. The molecular weight excluding hydrogens is 320 g/mol. The van der Waals surface area contributed by atoms with Crippen molar-refractivity contribution in [3.63, 3.8) is 0 Å². The Morgan fingerprint density at radius 2 is 2.29 bits per heavy atom. The fourth-order valence-electron chi connectivity index (χ4n) is 1.41. The first-order valence-electron chi connectivity index (χ1n) is 4.90. The lowest BCUT2D eigenvalue weighted by Gasteiger charge is -2.04. The summed E-state index contributed by atoms with van der Waals surface area (Å²) in [5, 5.41) is 2.92. The van der Waals surface area contributed by atoms with Gasteiger partial charge in [0.1, 0.15) is 0 Å². The first-order valence-corrected chi connectivity index (χ1v) is 7.90. The van der Waals surface area contributed by atoms with E-state index in [4.69, 9.17) is 5.73 Å². The van der Waals surface area contributed by atoms with E-state index in [0.29, 0.717) is 16.3 Å². The zero-order chi connectivity index (χ0) is 12.4. The largest absolute Gasteiger partial charge is 0.398 e. The van der Waals surface area contributed by atoms with E-state index in [9.17, 15) is 4.21 Å². The summed E-state index contributed by atoms with van der Waals surface area (Å²) >= 11 is 4.89. The fraction of sp³-hybridized carbons (Fsp3) is 0.182. The Labute approximate surface area is 115 Å². The molecule has 1 atom stereocenters. The van der Waals surface area contributed by atoms with Crippen LogP contribution in [0, 0.1) is 6.92 Å². The molecule has 0 radical (unpaired) electrons. The molecule has 0 bridgehead atoms. The molecule has 0 aliphatic carbocycles. The summed E-state index contributed by atoms with van der Waals surface area (Å²) in [7, 11) is -1.14. The molecule has 3 nitrogen and oxygen atoms in total. The van der Waals surface area contributed by atoms with Crippen molar-refractivity contribution in [1.82, 2.24) is 4.98 Å². The standard InChI is InChI=1S/C11H11BrN2OS2/c1-7-14-9(5-16-7)6-17(15)11-3-2-8(12)4-10(11)13/h2-5H,6,13H2,1H3. The zero-order valence-corrected chi connectivity index (χ0v) is 12.4. The minimum Gasteiger partial charge on any atom is -0.398 e. The minimum atomic E-state index is -1.14. The van der Waals surface area contributed by atoms with Crippen LogP contribution in [0.5, 0.6) is 0 Å². The molecule has 0 spiro atoms. The monoisotopic (exact) mass is 330 g/mol. The van der Waals surface area contributed by atoms with Gasteiger partial charge in [0.25, 0.3) is 0 Å². The van der Waals surface area contributed by atoms with Crippen molar-refractivity contribution in [2.45, 2.75) is 17.6 Å². The third kappa shape index (κ3) is 3.14. The van der Waals surface area contributed by atoms with Crippen LogP contribution in [0.2, 0.25) is 0 Å². The Bertz CT molecular complexity index is 568. The normalized spacial score (nSPS) is 12.6. The molecule has 2 rings (SSSR count). The van der Waals surface area contributed by atoms with Crippen LogP contribution in [0.4, 0.5) is 5.69 Å². The molecule has 2 N–H and O–H groups in total. The Hall–Kier alpha value is -0.720. The summed E-state index contributed by atoms with van der Waals surface area (Å²) in [6, 6.07) is 5.39. The quantitative estimate of drug-likeness (QED) is 0.880. The van der Waals surface area contributed by atoms with Crippen LogP contribution in [0.3, 0.4) is 0 Å². The SMILES string of the molecule is Cc1nc(CS(=O)c2ccc(Br)cc2N)cs1. The van der Waals surface area contributed by atoms with Gasteiger partial charge in [-0.2, -0.15) is 0 Å². The van der Waals surface area contributed by atoms with E-state index < -0.39 is 10.8 Å². The first-order chi connectivity index (χ1) is 8.06. The van der Waals surface area contributed by atoms with Crippen LogP contribution < -0.4 is 5.73 Å². The van der Waals surface area contributed by atoms with E-state index in [1.165, 1.54) is 0 Å². The topological polar surface area (TPSA) is 56.0 Å². The van der Waals surface area contributed by atoms with Crippen molar-refractivity contribution < 1.29 is 4.21 Å². The second kappa shape index (κ2) is 5.29. The van der Waals surface area contributed by atoms with Crippen LogP contribution >= 0.6 is 27.3 Å². The van der Waals surface area contributed by atoms with E-state index in [1.54, 1.807) is 23.5 Å². The van der Waals surface area contributed by atoms with E-state index in [0.717, 1.165) is 15.2 Å². The summed E-state index contributed by atoms with van der Waals surface area (Å²) < 4.78 is 13.0. The number of benzene rings is 1. The van der Waals surface area contributed by atoms with Gasteiger partial charge in [-0.3, -0.25) is 4.21 Å². The molecule has 90 valence electrons. The molecule has 0 saturated heterocycles. The zero-order valence-electron chi connectivity index (χ0n) is 9.14. The summed E-state index contributed by atoms with van der Waals surface area (Å²) in [5.74, 6) is 0.413. The van der Waals surface area contributed by atoms with Gasteiger partial charge >= 0.3 is 0 Å². The van der Waals surface area contributed by atoms with Gasteiger partial charge in [-0.25, -0.2) is 4.98 Å². The number of nitrogens with two attached hydrogens (primary N) is 1. The third-order valence-electron chi connectivity index (χ3n) is 2.16. The summed E-state index contributed by atoms with van der Waals surface area (Å²) in [6.07, 6.45) is 0. The van der Waals surface area contributed by atoms with Gasteiger partial charge in [0.05, 0.1) is 32.1 Å². The summed E-state index contributed by atoms with van der Waals surface area (Å²) in [5.41, 5.74) is 7.24. The Kier molecular flexibility index (Phi) is 3.96. The number of nitrogen functional groups attached to an aromatic ring is 1. The molecule has 17 heavy (non-hydrogen) atoms. The second-order valence-electron chi connectivity index (χ2n) is 3.53. The highest BCUT2D eigenvalue weighted by Gasteiger charge is 2.10. The first kappa shape index (κ1) is 12.7. The van der Waals surface area contributed by atoms with E-state index in [1.807, 2.05) is 18.4 Å². The molecule has 1 aromatic carbocycles. The molecule has 0 amide bonds. The highest BCUT2D eigenvalue weighted by atomic mass is 79.9. The van der Waals surface area contributed by atoms with Crippen LogP contribution in [-0.2, 0) is 16.6 Å². The van der Waals surface area contributed by atoms with Crippen LogP contribution in [0.1, 0.15) is 10.7 Å². The average Bonchev–Trinajstić information content (AvgIpc) is 2.63. The predicted octanol–water partition coefficient (Wildman–Crippen LogP) is 3.10. The minimum absolute atomic E-state index is 0.413. The third-order valence-corrected chi connectivity index (χ3v) is 4.90. The van der Waals surface area contributed by atoms with Crippen LogP contribution in [0.25, 0.3) is 0 Å². The number of nitrogens with zero attached hydrogens (tertiary/aromatic N) is 1. The maximum absolute atomic E-state index is 12.1. The van der Waals surface area contributed by atoms with Gasteiger partial charge in [0, 0.05) is 15.5 Å². The number of halogens is 1. The summed E-state index contributed by atoms with van der Waals surface area (Å²) in [6.45, 7) is 1.94. The molecular formula is C11H11BrN2OS2. The smallest absolute Gasteiger partial charge is 0.0897 e. The molecule has 1 heterocycles. The molecule has 1 unspecified atom stereocenters. The lowest BCUT2D eigenvalue weighted by molar-refractivity contribution is 0.682. The van der Waals surface area contributed by atoms with Crippen molar-refractivity contribution in [2.75, 3.05) is 5.73 Å². The second-order valence-corrected chi connectivity index (χ2v) is 6.93.